The van der Waals surface area contributed by atoms with E-state index < -0.39 is 18.3 Å². The van der Waals surface area contributed by atoms with Gasteiger partial charge in [0.1, 0.15) is 12.2 Å². The average Bonchev–Trinajstić information content (AvgIpc) is 3.25. The van der Waals surface area contributed by atoms with E-state index in [1.54, 1.807) is 11.3 Å². The number of thiophene rings is 1. The second-order valence-corrected chi connectivity index (χ2v) is 9.26. The summed E-state index contributed by atoms with van der Waals surface area (Å²) >= 11 is 1.79. The summed E-state index contributed by atoms with van der Waals surface area (Å²) in [5, 5.41) is 29.6. The predicted molar refractivity (Wildman–Crippen MR) is 125 cm³/mol. The van der Waals surface area contributed by atoms with Gasteiger partial charge in [0.05, 0.1) is 18.8 Å². The summed E-state index contributed by atoms with van der Waals surface area (Å²) in [6.45, 7) is 5.58. The average molecular weight is 437 g/mol. The Balaban J connectivity index is 1.53. The Morgan fingerprint density at radius 1 is 1.10 bits per heavy atom. The Morgan fingerprint density at radius 2 is 1.87 bits per heavy atom. The van der Waals surface area contributed by atoms with Gasteiger partial charge in [0.25, 0.3) is 0 Å². The fourth-order valence-corrected chi connectivity index (χ4v) is 5.04. The fraction of sp³-hybridized carbons (Fsp3) is 0.308. The van der Waals surface area contributed by atoms with Crippen molar-refractivity contribution < 1.29 is 20.1 Å². The van der Waals surface area contributed by atoms with Gasteiger partial charge in [-0.3, -0.25) is 0 Å². The number of benzene rings is 2. The molecule has 4 atom stereocenters. The van der Waals surface area contributed by atoms with Crippen LogP contribution in [0.5, 0.6) is 0 Å². The van der Waals surface area contributed by atoms with Gasteiger partial charge in [0, 0.05) is 22.6 Å². The molecule has 4 nitrogen and oxygen atoms in total. The highest BCUT2D eigenvalue weighted by Crippen LogP contribution is 2.34. The van der Waals surface area contributed by atoms with Gasteiger partial charge in [-0.1, -0.05) is 55.1 Å². The van der Waals surface area contributed by atoms with Crippen molar-refractivity contribution in [2.24, 2.45) is 0 Å². The lowest BCUT2D eigenvalue weighted by atomic mass is 9.92. The summed E-state index contributed by atoms with van der Waals surface area (Å²) in [7, 11) is 0. The maximum Gasteiger partial charge on any atom is 0.110 e. The summed E-state index contributed by atoms with van der Waals surface area (Å²) in [5.41, 5.74) is 5.67. The minimum atomic E-state index is -1.06. The molecule has 1 fully saturated rings. The molecule has 0 amide bonds. The predicted octanol–water partition coefficient (Wildman–Crippen LogP) is 4.50. The number of aryl methyl sites for hydroxylation is 1. The van der Waals surface area contributed by atoms with Crippen LogP contribution in [0.25, 0.3) is 16.5 Å². The normalized spacial score (nSPS) is 23.6. The highest BCUT2D eigenvalue weighted by atomic mass is 32.1. The second-order valence-electron chi connectivity index (χ2n) is 8.09. The third-order valence-electron chi connectivity index (χ3n) is 5.95. The molecule has 3 aromatic rings. The summed E-state index contributed by atoms with van der Waals surface area (Å²) < 4.78 is 5.87. The van der Waals surface area contributed by atoms with Crippen molar-refractivity contribution in [3.05, 3.63) is 88.3 Å². The van der Waals surface area contributed by atoms with Crippen molar-refractivity contribution in [2.75, 3.05) is 6.61 Å². The Morgan fingerprint density at radius 3 is 2.58 bits per heavy atom. The number of hydrogen-bond acceptors (Lipinski definition) is 5. The molecule has 4 unspecified atom stereocenters. The first-order chi connectivity index (χ1) is 15.0. The highest BCUT2D eigenvalue weighted by Gasteiger charge is 2.37. The number of ether oxygens (including phenoxy) is 1. The van der Waals surface area contributed by atoms with Crippen molar-refractivity contribution in [1.82, 2.24) is 0 Å². The zero-order valence-electron chi connectivity index (χ0n) is 17.6. The molecular formula is C26H28O4S. The van der Waals surface area contributed by atoms with Crippen molar-refractivity contribution in [3.8, 4) is 10.4 Å². The quantitative estimate of drug-likeness (QED) is 0.532. The first-order valence-corrected chi connectivity index (χ1v) is 11.3. The molecular weight excluding hydrogens is 408 g/mol. The van der Waals surface area contributed by atoms with Crippen LogP contribution < -0.4 is 0 Å². The van der Waals surface area contributed by atoms with E-state index in [2.05, 4.69) is 62.0 Å². The van der Waals surface area contributed by atoms with Crippen LogP contribution in [0, 0.1) is 6.92 Å². The molecule has 162 valence electrons. The number of rotatable bonds is 6. The third kappa shape index (κ3) is 4.81. The molecule has 4 rings (SSSR count). The fourth-order valence-electron chi connectivity index (χ4n) is 4.00. The topological polar surface area (TPSA) is 69.9 Å². The molecule has 3 N–H and O–H groups in total. The van der Waals surface area contributed by atoms with Crippen molar-refractivity contribution in [1.29, 1.82) is 0 Å². The zero-order chi connectivity index (χ0) is 22.0. The van der Waals surface area contributed by atoms with Crippen LogP contribution in [0.1, 0.15) is 39.7 Å². The monoisotopic (exact) mass is 436 g/mol. The summed E-state index contributed by atoms with van der Waals surface area (Å²) in [5.74, 6) is 0. The summed E-state index contributed by atoms with van der Waals surface area (Å²) in [6, 6.07) is 18.9. The van der Waals surface area contributed by atoms with E-state index in [0.29, 0.717) is 6.42 Å². The van der Waals surface area contributed by atoms with Crippen LogP contribution in [-0.4, -0.2) is 40.2 Å². The summed E-state index contributed by atoms with van der Waals surface area (Å²) in [4.78, 5) is 2.51. The van der Waals surface area contributed by atoms with E-state index in [1.807, 2.05) is 12.1 Å². The second kappa shape index (κ2) is 9.47. The molecule has 5 heteroatoms. The minimum Gasteiger partial charge on any atom is -0.394 e. The molecule has 1 aliphatic rings. The van der Waals surface area contributed by atoms with Gasteiger partial charge in [-0.15, -0.1) is 11.3 Å². The van der Waals surface area contributed by atoms with Gasteiger partial charge in [-0.2, -0.15) is 0 Å². The zero-order valence-corrected chi connectivity index (χ0v) is 18.4. The van der Waals surface area contributed by atoms with Crippen molar-refractivity contribution in [2.45, 2.75) is 44.2 Å². The Labute approximate surface area is 187 Å². The van der Waals surface area contributed by atoms with Gasteiger partial charge in [0.2, 0.25) is 0 Å². The van der Waals surface area contributed by atoms with Crippen LogP contribution >= 0.6 is 11.3 Å². The number of aliphatic hydroxyl groups is 3. The van der Waals surface area contributed by atoms with Gasteiger partial charge >= 0.3 is 0 Å². The molecule has 1 aromatic heterocycles. The van der Waals surface area contributed by atoms with E-state index in [4.69, 9.17) is 4.74 Å². The van der Waals surface area contributed by atoms with E-state index >= 15 is 0 Å². The first kappa shape index (κ1) is 21.9. The van der Waals surface area contributed by atoms with E-state index in [1.165, 1.54) is 26.4 Å². The van der Waals surface area contributed by atoms with E-state index in [0.717, 1.165) is 17.5 Å². The van der Waals surface area contributed by atoms with Crippen LogP contribution in [0.4, 0.5) is 0 Å². The lowest BCUT2D eigenvalue weighted by molar-refractivity contribution is -0.181. The first-order valence-electron chi connectivity index (χ1n) is 10.5. The highest BCUT2D eigenvalue weighted by molar-refractivity contribution is 7.15. The largest absolute Gasteiger partial charge is 0.394 e. The molecule has 0 radical (unpaired) electrons. The van der Waals surface area contributed by atoms with Gasteiger partial charge in [0.15, 0.2) is 0 Å². The molecule has 31 heavy (non-hydrogen) atoms. The molecule has 2 heterocycles. The van der Waals surface area contributed by atoms with Crippen molar-refractivity contribution >= 4 is 17.4 Å². The standard InChI is InChI=1S/C26H28O4S/c1-3-17-5-8-18(9-6-17)25-11-10-21(31-25)13-20-12-19(7-4-16(20)2)23-14-22(28)26(29)24(15-27)30-23/h3-12,22-24,26-29H,1,13-15H2,2H3. The molecule has 0 saturated carbocycles. The number of hydrogen-bond donors (Lipinski definition) is 3. The van der Waals surface area contributed by atoms with Crippen molar-refractivity contribution in [3.63, 3.8) is 0 Å². The molecule has 0 spiro atoms. The van der Waals surface area contributed by atoms with Crippen LogP contribution in [0.3, 0.4) is 0 Å². The molecule has 0 aliphatic carbocycles. The Kier molecular flexibility index (Phi) is 6.70. The maximum absolute atomic E-state index is 10.2. The maximum atomic E-state index is 10.2. The Hall–Kier alpha value is -2.28. The lowest BCUT2D eigenvalue weighted by Gasteiger charge is -2.36. The molecule has 1 aliphatic heterocycles. The summed E-state index contributed by atoms with van der Waals surface area (Å²) in [6.07, 6.45) is -0.120. The lowest BCUT2D eigenvalue weighted by Crippen LogP contribution is -2.47. The van der Waals surface area contributed by atoms with Gasteiger partial charge < -0.3 is 20.1 Å². The smallest absolute Gasteiger partial charge is 0.110 e. The Bertz CT molecular complexity index is 1040. The molecule has 0 bridgehead atoms. The van der Waals surface area contributed by atoms with Crippen LogP contribution in [-0.2, 0) is 11.2 Å². The molecule has 2 aromatic carbocycles. The number of aliphatic hydroxyl groups excluding tert-OH is 3. The van der Waals surface area contributed by atoms with Gasteiger partial charge in [-0.25, -0.2) is 0 Å². The third-order valence-corrected chi connectivity index (χ3v) is 7.09. The van der Waals surface area contributed by atoms with Gasteiger partial charge in [-0.05, 0) is 46.9 Å². The van der Waals surface area contributed by atoms with E-state index in [-0.39, 0.29) is 12.7 Å². The van der Waals surface area contributed by atoms with Crippen LogP contribution in [0.15, 0.2) is 61.2 Å². The molecule has 1 saturated heterocycles. The van der Waals surface area contributed by atoms with Crippen LogP contribution in [0.2, 0.25) is 0 Å². The SMILES string of the molecule is C=Cc1ccc(-c2ccc(Cc3cc(C4CC(O)C(O)C(CO)O4)ccc3C)s2)cc1. The minimum absolute atomic E-state index is 0.310. The van der Waals surface area contributed by atoms with E-state index in [9.17, 15) is 15.3 Å².